The highest BCUT2D eigenvalue weighted by molar-refractivity contribution is 5.65. The molecule has 38 heavy (non-hydrogen) atoms. The van der Waals surface area contributed by atoms with E-state index in [9.17, 15) is 30.7 Å². The summed E-state index contributed by atoms with van der Waals surface area (Å²) >= 11 is 0. The minimum absolute atomic E-state index is 0.220. The second kappa shape index (κ2) is 11.7. The zero-order chi connectivity index (χ0) is 27.4. The van der Waals surface area contributed by atoms with Crippen LogP contribution in [0, 0.1) is 35.0 Å². The van der Waals surface area contributed by atoms with Crippen LogP contribution in [0.5, 0.6) is 11.5 Å². The Kier molecular flexibility index (Phi) is 8.53. The molecule has 1 saturated carbocycles. The summed E-state index contributed by atoms with van der Waals surface area (Å²) in [5.74, 6) is -6.70. The van der Waals surface area contributed by atoms with Gasteiger partial charge in [0.2, 0.25) is 0 Å². The van der Waals surface area contributed by atoms with Crippen molar-refractivity contribution < 1.29 is 40.2 Å². The monoisotopic (exact) mass is 540 g/mol. The number of ether oxygens (including phenoxy) is 2. The first kappa shape index (κ1) is 27.8. The molecule has 204 valence electrons. The van der Waals surface area contributed by atoms with E-state index in [1.54, 1.807) is 6.07 Å². The second-order valence-electron chi connectivity index (χ2n) is 9.62. The van der Waals surface area contributed by atoms with Gasteiger partial charge in [0.25, 0.3) is 0 Å². The van der Waals surface area contributed by atoms with Crippen LogP contribution in [-0.4, -0.2) is 12.7 Å². The molecule has 1 aliphatic carbocycles. The fourth-order valence-corrected chi connectivity index (χ4v) is 4.95. The topological polar surface area (TPSA) is 18.5 Å². The van der Waals surface area contributed by atoms with Gasteiger partial charge in [0.15, 0.2) is 35.6 Å². The van der Waals surface area contributed by atoms with Crippen LogP contribution in [-0.2, 0) is 0 Å². The molecule has 0 bridgehead atoms. The second-order valence-corrected chi connectivity index (χ2v) is 9.62. The van der Waals surface area contributed by atoms with E-state index in [0.29, 0.717) is 24.1 Å². The number of alkyl halides is 2. The fraction of sp³-hybridized carbons (Fsp3) is 0.379. The normalized spacial score (nSPS) is 17.9. The van der Waals surface area contributed by atoms with Crippen LogP contribution in [0.15, 0.2) is 48.5 Å². The summed E-state index contributed by atoms with van der Waals surface area (Å²) in [5.41, 5.74) is 0.133. The Labute approximate surface area is 216 Å². The average molecular weight is 541 g/mol. The van der Waals surface area contributed by atoms with Gasteiger partial charge in [-0.2, -0.15) is 8.78 Å². The SMILES string of the molecule is CCCC1CCC(c2ccc(OCC(F)(F)Oc3ccc(-c4cc(F)c(F)c(F)c4)c(F)c3)c(F)c2)CC1. The molecule has 0 aliphatic heterocycles. The van der Waals surface area contributed by atoms with Gasteiger partial charge in [-0.25, -0.2) is 22.0 Å². The maximum atomic E-state index is 14.6. The van der Waals surface area contributed by atoms with E-state index in [4.69, 9.17) is 4.74 Å². The number of rotatable bonds is 9. The van der Waals surface area contributed by atoms with E-state index in [2.05, 4.69) is 11.7 Å². The molecule has 3 aromatic carbocycles. The summed E-state index contributed by atoms with van der Waals surface area (Å²) in [5, 5.41) is 0. The van der Waals surface area contributed by atoms with Gasteiger partial charge < -0.3 is 9.47 Å². The lowest BCUT2D eigenvalue weighted by atomic mass is 9.77. The molecule has 0 aromatic heterocycles. The largest absolute Gasteiger partial charge is 0.480 e. The Morgan fingerprint density at radius 1 is 0.789 bits per heavy atom. The summed E-state index contributed by atoms with van der Waals surface area (Å²) in [6.07, 6.45) is 2.46. The van der Waals surface area contributed by atoms with Crippen LogP contribution in [0.4, 0.5) is 30.7 Å². The van der Waals surface area contributed by atoms with Gasteiger partial charge in [-0.1, -0.05) is 25.8 Å². The zero-order valence-corrected chi connectivity index (χ0v) is 20.7. The van der Waals surface area contributed by atoms with Crippen molar-refractivity contribution in [2.45, 2.75) is 57.5 Å². The van der Waals surface area contributed by atoms with Crippen LogP contribution in [0.1, 0.15) is 56.9 Å². The van der Waals surface area contributed by atoms with Crippen LogP contribution >= 0.6 is 0 Å². The standard InChI is InChI=1S/C29H27F7O2/c1-2-3-17-4-6-18(7-5-17)19-8-11-27(24(31)12-19)37-16-29(35,36)38-21-9-10-22(23(30)15-21)20-13-25(32)28(34)26(33)14-20/h8-15,17-18H,2-7,16H2,1H3. The van der Waals surface area contributed by atoms with Crippen LogP contribution < -0.4 is 9.47 Å². The van der Waals surface area contributed by atoms with E-state index in [-0.39, 0.29) is 22.8 Å². The van der Waals surface area contributed by atoms with E-state index in [1.165, 1.54) is 18.6 Å². The molecule has 4 rings (SSSR count). The first-order valence-electron chi connectivity index (χ1n) is 12.5. The summed E-state index contributed by atoms with van der Waals surface area (Å²) in [6.45, 7) is 0.814. The van der Waals surface area contributed by atoms with Crippen LogP contribution in [0.2, 0.25) is 0 Å². The number of hydrogen-bond acceptors (Lipinski definition) is 2. The van der Waals surface area contributed by atoms with Gasteiger partial charge in [-0.3, -0.25) is 0 Å². The third-order valence-electron chi connectivity index (χ3n) is 6.87. The van der Waals surface area contributed by atoms with Crippen molar-refractivity contribution in [2.24, 2.45) is 5.92 Å². The highest BCUT2D eigenvalue weighted by Crippen LogP contribution is 2.38. The Bertz CT molecular complexity index is 1250. The molecular weight excluding hydrogens is 513 g/mol. The Morgan fingerprint density at radius 3 is 2.08 bits per heavy atom. The Morgan fingerprint density at radius 2 is 1.47 bits per heavy atom. The van der Waals surface area contributed by atoms with Crippen molar-refractivity contribution in [1.29, 1.82) is 0 Å². The third kappa shape index (κ3) is 6.60. The fourth-order valence-electron chi connectivity index (χ4n) is 4.95. The van der Waals surface area contributed by atoms with E-state index in [1.807, 2.05) is 0 Å². The molecule has 3 aromatic rings. The van der Waals surface area contributed by atoms with Crippen molar-refractivity contribution in [3.05, 3.63) is 83.2 Å². The maximum absolute atomic E-state index is 14.6. The Hall–Kier alpha value is -3.23. The average Bonchev–Trinajstić information content (AvgIpc) is 2.87. The van der Waals surface area contributed by atoms with Crippen molar-refractivity contribution in [3.8, 4) is 22.6 Å². The predicted octanol–water partition coefficient (Wildman–Crippen LogP) is 9.17. The van der Waals surface area contributed by atoms with E-state index in [0.717, 1.165) is 49.8 Å². The van der Waals surface area contributed by atoms with Crippen LogP contribution in [0.3, 0.4) is 0 Å². The minimum Gasteiger partial charge on any atom is -0.480 e. The molecule has 9 heteroatoms. The highest BCUT2D eigenvalue weighted by Gasteiger charge is 2.34. The highest BCUT2D eigenvalue weighted by atomic mass is 19.3. The summed E-state index contributed by atoms with van der Waals surface area (Å²) in [6, 6.07) is 7.97. The molecule has 0 N–H and O–H groups in total. The lowest BCUT2D eigenvalue weighted by Gasteiger charge is -2.28. The molecule has 0 saturated heterocycles. The summed E-state index contributed by atoms with van der Waals surface area (Å²) < 4.78 is 107. The molecule has 0 radical (unpaired) electrons. The minimum atomic E-state index is -3.95. The lowest BCUT2D eigenvalue weighted by molar-refractivity contribution is -0.195. The van der Waals surface area contributed by atoms with Gasteiger partial charge >= 0.3 is 6.11 Å². The van der Waals surface area contributed by atoms with Crippen molar-refractivity contribution in [1.82, 2.24) is 0 Å². The first-order chi connectivity index (χ1) is 18.1. The van der Waals surface area contributed by atoms with Gasteiger partial charge in [-0.15, -0.1) is 0 Å². The predicted molar refractivity (Wildman–Crippen MR) is 129 cm³/mol. The van der Waals surface area contributed by atoms with E-state index >= 15 is 0 Å². The number of hydrogen-bond donors (Lipinski definition) is 0. The van der Waals surface area contributed by atoms with Gasteiger partial charge in [0, 0.05) is 11.6 Å². The third-order valence-corrected chi connectivity index (χ3v) is 6.87. The first-order valence-corrected chi connectivity index (χ1v) is 12.5. The maximum Gasteiger partial charge on any atom is 0.433 e. The number of halogens is 7. The van der Waals surface area contributed by atoms with E-state index < -0.39 is 47.6 Å². The van der Waals surface area contributed by atoms with Crippen molar-refractivity contribution in [3.63, 3.8) is 0 Å². The molecule has 0 atom stereocenters. The zero-order valence-electron chi connectivity index (χ0n) is 20.7. The molecular formula is C29H27F7O2. The molecule has 0 spiro atoms. The number of benzene rings is 3. The van der Waals surface area contributed by atoms with Gasteiger partial charge in [0.1, 0.15) is 11.6 Å². The molecule has 2 nitrogen and oxygen atoms in total. The molecule has 0 heterocycles. The summed E-state index contributed by atoms with van der Waals surface area (Å²) in [4.78, 5) is 0. The molecule has 1 fully saturated rings. The van der Waals surface area contributed by atoms with Gasteiger partial charge in [0.05, 0.1) is 0 Å². The quantitative estimate of drug-likeness (QED) is 0.199. The van der Waals surface area contributed by atoms with Crippen LogP contribution in [0.25, 0.3) is 11.1 Å². The van der Waals surface area contributed by atoms with Crippen molar-refractivity contribution >= 4 is 0 Å². The molecule has 1 aliphatic rings. The smallest absolute Gasteiger partial charge is 0.433 e. The lowest BCUT2D eigenvalue weighted by Crippen LogP contribution is -2.32. The molecule has 0 unspecified atom stereocenters. The Balaban J connectivity index is 1.37. The molecule has 0 amide bonds. The van der Waals surface area contributed by atoms with Gasteiger partial charge in [-0.05, 0) is 85.0 Å². The van der Waals surface area contributed by atoms with Crippen molar-refractivity contribution in [2.75, 3.05) is 6.61 Å². The summed E-state index contributed by atoms with van der Waals surface area (Å²) in [7, 11) is 0.